The van der Waals surface area contributed by atoms with E-state index in [2.05, 4.69) is 4.98 Å². The van der Waals surface area contributed by atoms with Crippen molar-refractivity contribution in [1.82, 2.24) is 8.96 Å². The second kappa shape index (κ2) is 6.24. The van der Waals surface area contributed by atoms with Gasteiger partial charge in [0.15, 0.2) is 11.6 Å². The summed E-state index contributed by atoms with van der Waals surface area (Å²) in [5.74, 6) is 0.164. The molecule has 0 aliphatic heterocycles. The van der Waals surface area contributed by atoms with Crippen molar-refractivity contribution in [3.05, 3.63) is 34.6 Å². The number of hydrogen-bond donors (Lipinski definition) is 0. The van der Waals surface area contributed by atoms with Crippen LogP contribution in [0.25, 0.3) is 11.4 Å². The average Bonchev–Trinajstić information content (AvgIpc) is 2.97. The van der Waals surface area contributed by atoms with Crippen LogP contribution in [-0.4, -0.2) is 42.3 Å². The highest BCUT2D eigenvalue weighted by atomic mass is 32.2. The summed E-state index contributed by atoms with van der Waals surface area (Å²) in [5, 5.41) is 11.3. The van der Waals surface area contributed by atoms with Gasteiger partial charge in [-0.25, -0.2) is 17.4 Å². The monoisotopic (exact) mass is 341 g/mol. The summed E-state index contributed by atoms with van der Waals surface area (Å²) in [6, 6.07) is 2.65. The molecule has 1 heterocycles. The van der Waals surface area contributed by atoms with Gasteiger partial charge >= 0.3 is 5.69 Å². The molecule has 0 amide bonds. The Morgan fingerprint density at radius 1 is 1.39 bits per heavy atom. The molecule has 1 aromatic carbocycles. The topological polar surface area (TPSA) is 114 Å². The Hall–Kier alpha value is -2.62. The van der Waals surface area contributed by atoms with E-state index >= 15 is 0 Å². The minimum atomic E-state index is -3.60. The molecular formula is C13H15N3O6S. The lowest BCUT2D eigenvalue weighted by Gasteiger charge is -2.12. The Labute approximate surface area is 132 Å². The first-order valence-corrected chi connectivity index (χ1v) is 8.38. The summed E-state index contributed by atoms with van der Waals surface area (Å²) in [6.45, 7) is 1.90. The third-order valence-electron chi connectivity index (χ3n) is 2.96. The maximum atomic E-state index is 11.8. The third-order valence-corrected chi connectivity index (χ3v) is 3.97. The Morgan fingerprint density at radius 2 is 2.09 bits per heavy atom. The SMILES string of the molecule is CCOc1c(OC)cc(-c2nccn2S(C)(=O)=O)cc1[N+](=O)[O-]. The van der Waals surface area contributed by atoms with Crippen LogP contribution in [0.1, 0.15) is 6.92 Å². The van der Waals surface area contributed by atoms with Crippen LogP contribution in [0, 0.1) is 10.1 Å². The molecule has 0 saturated carbocycles. The number of rotatable bonds is 6. The molecular weight excluding hydrogens is 326 g/mol. The molecule has 0 spiro atoms. The predicted molar refractivity (Wildman–Crippen MR) is 82.3 cm³/mol. The number of aromatic nitrogens is 2. The molecule has 2 aromatic rings. The first kappa shape index (κ1) is 16.7. The minimum Gasteiger partial charge on any atom is -0.493 e. The molecule has 23 heavy (non-hydrogen) atoms. The zero-order valence-corrected chi connectivity index (χ0v) is 13.5. The maximum absolute atomic E-state index is 11.8. The van der Waals surface area contributed by atoms with Crippen LogP contribution in [0.2, 0.25) is 0 Å². The molecule has 2 rings (SSSR count). The third kappa shape index (κ3) is 3.26. The number of imidazole rings is 1. The Kier molecular flexibility index (Phi) is 4.55. The van der Waals surface area contributed by atoms with E-state index in [0.717, 1.165) is 10.2 Å². The molecule has 0 unspecified atom stereocenters. The molecule has 0 aliphatic rings. The molecule has 124 valence electrons. The van der Waals surface area contributed by atoms with Crippen molar-refractivity contribution in [3.63, 3.8) is 0 Å². The highest BCUT2D eigenvalue weighted by Gasteiger charge is 2.25. The van der Waals surface area contributed by atoms with Crippen molar-refractivity contribution in [2.45, 2.75) is 6.92 Å². The van der Waals surface area contributed by atoms with Gasteiger partial charge in [0, 0.05) is 24.0 Å². The summed E-state index contributed by atoms with van der Waals surface area (Å²) in [6.07, 6.45) is 3.57. The van der Waals surface area contributed by atoms with Crippen molar-refractivity contribution in [1.29, 1.82) is 0 Å². The van der Waals surface area contributed by atoms with E-state index in [0.29, 0.717) is 0 Å². The fraction of sp³-hybridized carbons (Fsp3) is 0.308. The summed E-state index contributed by atoms with van der Waals surface area (Å²) >= 11 is 0. The second-order valence-electron chi connectivity index (χ2n) is 4.53. The summed E-state index contributed by atoms with van der Waals surface area (Å²) in [7, 11) is -2.26. The fourth-order valence-electron chi connectivity index (χ4n) is 2.05. The maximum Gasteiger partial charge on any atom is 0.315 e. The van der Waals surface area contributed by atoms with Gasteiger partial charge in [0.1, 0.15) is 0 Å². The predicted octanol–water partition coefficient (Wildman–Crippen LogP) is 1.67. The van der Waals surface area contributed by atoms with Crippen LogP contribution >= 0.6 is 0 Å². The smallest absolute Gasteiger partial charge is 0.315 e. The first-order chi connectivity index (χ1) is 10.8. The molecule has 0 saturated heterocycles. The van der Waals surface area contributed by atoms with E-state index in [9.17, 15) is 18.5 Å². The number of ether oxygens (including phenoxy) is 2. The second-order valence-corrected chi connectivity index (χ2v) is 6.39. The van der Waals surface area contributed by atoms with Gasteiger partial charge in [0.25, 0.3) is 0 Å². The largest absolute Gasteiger partial charge is 0.493 e. The van der Waals surface area contributed by atoms with E-state index in [1.54, 1.807) is 6.92 Å². The number of hydrogen-bond acceptors (Lipinski definition) is 7. The van der Waals surface area contributed by atoms with Gasteiger partial charge in [-0.3, -0.25) is 10.1 Å². The van der Waals surface area contributed by atoms with Crippen LogP contribution in [0.15, 0.2) is 24.5 Å². The standard InChI is InChI=1S/C13H15N3O6S/c1-4-22-12-10(16(17)18)7-9(8-11(12)21-2)13-14-5-6-15(13)23(3,19)20/h5-8H,4H2,1-3H3. The summed E-state index contributed by atoms with van der Waals surface area (Å²) in [5.41, 5.74) is -0.100. The molecule has 0 N–H and O–H groups in total. The van der Waals surface area contributed by atoms with Gasteiger partial charge in [-0.05, 0) is 13.0 Å². The molecule has 9 nitrogen and oxygen atoms in total. The number of nitro groups is 1. The molecule has 1 aromatic heterocycles. The number of benzene rings is 1. The number of methoxy groups -OCH3 is 1. The first-order valence-electron chi connectivity index (χ1n) is 6.53. The van der Waals surface area contributed by atoms with E-state index in [4.69, 9.17) is 9.47 Å². The zero-order chi connectivity index (χ0) is 17.2. The van der Waals surface area contributed by atoms with Crippen LogP contribution in [0.5, 0.6) is 11.5 Å². The van der Waals surface area contributed by atoms with E-state index in [1.165, 1.54) is 31.6 Å². The highest BCUT2D eigenvalue weighted by Crippen LogP contribution is 2.41. The minimum absolute atomic E-state index is 0.0128. The van der Waals surface area contributed by atoms with Crippen molar-refractivity contribution in [2.24, 2.45) is 0 Å². The van der Waals surface area contributed by atoms with E-state index in [1.807, 2.05) is 0 Å². The van der Waals surface area contributed by atoms with Gasteiger partial charge in [-0.1, -0.05) is 0 Å². The van der Waals surface area contributed by atoms with Crippen LogP contribution < -0.4 is 9.47 Å². The van der Waals surface area contributed by atoms with Gasteiger partial charge in [-0.2, -0.15) is 0 Å². The molecule has 0 aliphatic carbocycles. The Bertz CT molecular complexity index is 843. The molecule has 0 bridgehead atoms. The molecule has 0 radical (unpaired) electrons. The highest BCUT2D eigenvalue weighted by molar-refractivity contribution is 7.89. The molecule has 0 atom stereocenters. The quantitative estimate of drug-likeness (QED) is 0.580. The van der Waals surface area contributed by atoms with Crippen LogP contribution in [0.3, 0.4) is 0 Å². The summed E-state index contributed by atoms with van der Waals surface area (Å²) < 4.78 is 34.9. The van der Waals surface area contributed by atoms with Gasteiger partial charge in [-0.15, -0.1) is 0 Å². The Morgan fingerprint density at radius 3 is 2.61 bits per heavy atom. The normalized spacial score (nSPS) is 11.3. The fourth-order valence-corrected chi connectivity index (χ4v) is 2.80. The number of nitrogens with zero attached hydrogens (tertiary/aromatic N) is 3. The van der Waals surface area contributed by atoms with E-state index in [-0.39, 0.29) is 35.2 Å². The van der Waals surface area contributed by atoms with Crippen molar-refractivity contribution in [3.8, 4) is 22.9 Å². The van der Waals surface area contributed by atoms with Crippen LogP contribution in [-0.2, 0) is 10.0 Å². The van der Waals surface area contributed by atoms with Crippen LogP contribution in [0.4, 0.5) is 5.69 Å². The number of nitro benzene ring substituents is 1. The lowest BCUT2D eigenvalue weighted by molar-refractivity contribution is -0.385. The van der Waals surface area contributed by atoms with Crippen molar-refractivity contribution < 1.29 is 22.8 Å². The lowest BCUT2D eigenvalue weighted by atomic mass is 10.1. The van der Waals surface area contributed by atoms with E-state index < -0.39 is 14.9 Å². The van der Waals surface area contributed by atoms with Crippen molar-refractivity contribution in [2.75, 3.05) is 20.0 Å². The van der Waals surface area contributed by atoms with Crippen molar-refractivity contribution >= 4 is 15.7 Å². The average molecular weight is 341 g/mol. The lowest BCUT2D eigenvalue weighted by Crippen LogP contribution is -2.10. The van der Waals surface area contributed by atoms with Gasteiger partial charge < -0.3 is 9.47 Å². The Balaban J connectivity index is 2.73. The molecule has 10 heteroatoms. The van der Waals surface area contributed by atoms with Gasteiger partial charge in [0.2, 0.25) is 15.8 Å². The summed E-state index contributed by atoms with van der Waals surface area (Å²) in [4.78, 5) is 14.6. The molecule has 0 fully saturated rings. The van der Waals surface area contributed by atoms with Gasteiger partial charge in [0.05, 0.1) is 24.9 Å². The zero-order valence-electron chi connectivity index (χ0n) is 12.7.